The van der Waals surface area contributed by atoms with Gasteiger partial charge in [0.05, 0.1) is 15.2 Å². The monoisotopic (exact) mass is 314 g/mol. The van der Waals surface area contributed by atoms with Gasteiger partial charge in [0.1, 0.15) is 5.75 Å². The number of para-hydroxylation sites is 1. The first-order valence-electron chi connectivity index (χ1n) is 8.17. The van der Waals surface area contributed by atoms with Crippen LogP contribution in [0.1, 0.15) is 32.3 Å². The molecule has 0 aliphatic heterocycles. The molecule has 1 nitrogen and oxygen atoms in total. The second-order valence-corrected chi connectivity index (χ2v) is 13.9. The lowest BCUT2D eigenvalue weighted by Gasteiger charge is -2.33. The van der Waals surface area contributed by atoms with E-state index in [9.17, 15) is 0 Å². The first kappa shape index (κ1) is 17.1. The minimum atomic E-state index is -1.19. The number of methoxy groups -OCH3 is 1. The van der Waals surface area contributed by atoms with E-state index in [1.807, 2.05) is 6.07 Å². The quantitative estimate of drug-likeness (QED) is 0.617. The highest BCUT2D eigenvalue weighted by atomic mass is 28.3. The van der Waals surface area contributed by atoms with Crippen molar-refractivity contribution in [2.24, 2.45) is 5.41 Å². The Bertz CT molecular complexity index is 584. The number of hydrogen-bond donors (Lipinski definition) is 0. The van der Waals surface area contributed by atoms with E-state index in [0.717, 1.165) is 5.75 Å². The number of ether oxygens (including phenoxy) is 1. The Hall–Kier alpha value is -1.28. The summed E-state index contributed by atoms with van der Waals surface area (Å²) in [6.07, 6.45) is 7.27. The van der Waals surface area contributed by atoms with Gasteiger partial charge in [0.15, 0.2) is 0 Å². The number of rotatable bonds is 4. The molecule has 0 amide bonds. The molecule has 0 bridgehead atoms. The molecule has 1 aliphatic rings. The normalized spacial score (nSPS) is 20.0. The second kappa shape index (κ2) is 6.08. The maximum atomic E-state index is 5.63. The molecule has 0 aromatic heterocycles. The van der Waals surface area contributed by atoms with Crippen LogP contribution in [0.3, 0.4) is 0 Å². The van der Waals surface area contributed by atoms with Gasteiger partial charge in [0, 0.05) is 11.5 Å². The molecule has 120 valence electrons. The highest BCUT2D eigenvalue weighted by molar-refractivity contribution is 6.78. The van der Waals surface area contributed by atoms with Crippen LogP contribution in [-0.4, -0.2) is 15.2 Å². The van der Waals surface area contributed by atoms with E-state index < -0.39 is 8.07 Å². The molecule has 1 aromatic carbocycles. The van der Waals surface area contributed by atoms with Gasteiger partial charge in [-0.15, -0.1) is 0 Å². The smallest absolute Gasteiger partial charge is 0.122 e. The zero-order valence-electron chi connectivity index (χ0n) is 15.1. The summed E-state index contributed by atoms with van der Waals surface area (Å²) in [5.74, 6) is 1.36. The molecular weight excluding hydrogens is 284 g/mol. The van der Waals surface area contributed by atoms with Gasteiger partial charge in [-0.1, -0.05) is 76.8 Å². The highest BCUT2D eigenvalue weighted by Gasteiger charge is 2.34. The Morgan fingerprint density at radius 3 is 2.23 bits per heavy atom. The summed E-state index contributed by atoms with van der Waals surface area (Å²) in [7, 11) is 0.578. The molecular formula is C20H30OSi. The predicted molar refractivity (Wildman–Crippen MR) is 99.5 cm³/mol. The van der Waals surface area contributed by atoms with Crippen LogP contribution in [0.15, 0.2) is 48.1 Å². The fourth-order valence-electron chi connectivity index (χ4n) is 3.32. The molecule has 2 heteroatoms. The molecule has 0 spiro atoms. The first-order chi connectivity index (χ1) is 10.1. The van der Waals surface area contributed by atoms with E-state index in [0.29, 0.717) is 11.5 Å². The van der Waals surface area contributed by atoms with Gasteiger partial charge >= 0.3 is 0 Å². The van der Waals surface area contributed by atoms with Crippen molar-refractivity contribution < 1.29 is 4.74 Å². The lowest BCUT2D eigenvalue weighted by atomic mass is 9.72. The Morgan fingerprint density at radius 2 is 1.73 bits per heavy atom. The maximum Gasteiger partial charge on any atom is 0.122 e. The first-order valence-corrected chi connectivity index (χ1v) is 11.7. The molecule has 1 aromatic rings. The fourth-order valence-corrected chi connectivity index (χ4v) is 4.68. The van der Waals surface area contributed by atoms with Gasteiger partial charge in [-0.05, 0) is 22.6 Å². The zero-order chi connectivity index (χ0) is 16.5. The summed E-state index contributed by atoms with van der Waals surface area (Å²) in [5, 5.41) is 0. The zero-order valence-corrected chi connectivity index (χ0v) is 16.1. The van der Waals surface area contributed by atoms with Crippen molar-refractivity contribution in [3.63, 3.8) is 0 Å². The van der Waals surface area contributed by atoms with E-state index in [-0.39, 0.29) is 5.41 Å². The minimum Gasteiger partial charge on any atom is -0.496 e. The molecule has 1 aliphatic carbocycles. The second-order valence-electron chi connectivity index (χ2n) is 8.46. The average molecular weight is 315 g/mol. The number of hydrogen-bond acceptors (Lipinski definition) is 1. The van der Waals surface area contributed by atoms with Gasteiger partial charge in [-0.25, -0.2) is 0 Å². The highest BCUT2D eigenvalue weighted by Crippen LogP contribution is 2.47. The molecule has 2 rings (SSSR count). The van der Waals surface area contributed by atoms with Crippen LogP contribution in [-0.2, 0) is 0 Å². The van der Waals surface area contributed by atoms with Crippen molar-refractivity contribution >= 4 is 8.07 Å². The molecule has 0 saturated carbocycles. The summed E-state index contributed by atoms with van der Waals surface area (Å²) >= 11 is 0. The van der Waals surface area contributed by atoms with Crippen molar-refractivity contribution in [3.8, 4) is 5.75 Å². The van der Waals surface area contributed by atoms with Crippen molar-refractivity contribution in [1.29, 1.82) is 0 Å². The molecule has 0 N–H and O–H groups in total. The predicted octanol–water partition coefficient (Wildman–Crippen LogP) is 6.03. The van der Waals surface area contributed by atoms with Crippen LogP contribution in [0.2, 0.25) is 25.2 Å². The van der Waals surface area contributed by atoms with Crippen LogP contribution in [0, 0.1) is 5.41 Å². The molecule has 2 atom stereocenters. The summed E-state index contributed by atoms with van der Waals surface area (Å²) < 4.78 is 5.63. The summed E-state index contributed by atoms with van der Waals surface area (Å²) in [4.78, 5) is 0. The van der Waals surface area contributed by atoms with E-state index in [1.54, 1.807) is 7.11 Å². The third kappa shape index (κ3) is 3.54. The maximum absolute atomic E-state index is 5.63. The summed E-state index contributed by atoms with van der Waals surface area (Å²) in [6, 6.07) is 8.45. The molecule has 2 unspecified atom stereocenters. The van der Waals surface area contributed by atoms with Gasteiger partial charge < -0.3 is 4.74 Å². The van der Waals surface area contributed by atoms with Crippen molar-refractivity contribution in [1.82, 2.24) is 0 Å². The largest absolute Gasteiger partial charge is 0.496 e. The van der Waals surface area contributed by atoms with Gasteiger partial charge in [-0.3, -0.25) is 0 Å². The average Bonchev–Trinajstić information content (AvgIpc) is 2.87. The minimum absolute atomic E-state index is 0.152. The van der Waals surface area contributed by atoms with E-state index in [4.69, 9.17) is 4.74 Å². The van der Waals surface area contributed by atoms with Gasteiger partial charge in [-0.2, -0.15) is 0 Å². The molecule has 0 heterocycles. The fraction of sp³-hybridized carbons (Fsp3) is 0.500. The third-order valence-corrected chi connectivity index (χ3v) is 6.88. The van der Waals surface area contributed by atoms with Gasteiger partial charge in [0.25, 0.3) is 0 Å². The Labute approximate surface area is 137 Å². The SMILES string of the molecule is COc1ccccc1C(C1=CC([Si](C)(C)C)C=C1)C(C)(C)C. The lowest BCUT2D eigenvalue weighted by molar-refractivity contribution is 0.341. The summed E-state index contributed by atoms with van der Waals surface area (Å²) in [5.41, 5.74) is 3.54. The molecule has 0 radical (unpaired) electrons. The summed E-state index contributed by atoms with van der Waals surface area (Å²) in [6.45, 7) is 14.3. The Balaban J connectivity index is 2.48. The number of allylic oxidation sites excluding steroid dienone is 4. The van der Waals surface area contributed by atoms with Crippen LogP contribution in [0.4, 0.5) is 0 Å². The van der Waals surface area contributed by atoms with Gasteiger partial charge in [0.2, 0.25) is 0 Å². The molecule has 22 heavy (non-hydrogen) atoms. The topological polar surface area (TPSA) is 9.23 Å². The van der Waals surface area contributed by atoms with Crippen LogP contribution < -0.4 is 4.74 Å². The Kier molecular flexibility index (Phi) is 4.72. The van der Waals surface area contributed by atoms with E-state index in [1.165, 1.54) is 11.1 Å². The van der Waals surface area contributed by atoms with Crippen LogP contribution in [0.25, 0.3) is 0 Å². The molecule has 0 fully saturated rings. The van der Waals surface area contributed by atoms with Crippen molar-refractivity contribution in [2.45, 2.75) is 51.9 Å². The van der Waals surface area contributed by atoms with Crippen molar-refractivity contribution in [2.75, 3.05) is 7.11 Å². The van der Waals surface area contributed by atoms with E-state index in [2.05, 4.69) is 76.8 Å². The number of benzene rings is 1. The Morgan fingerprint density at radius 1 is 1.09 bits per heavy atom. The van der Waals surface area contributed by atoms with Crippen LogP contribution in [0.5, 0.6) is 5.75 Å². The standard InChI is InChI=1S/C20H30OSi/c1-20(2,3)19(17-10-8-9-11-18(17)21-4)15-12-13-16(14-15)22(5,6)7/h8-14,16,19H,1-7H3. The molecule has 0 saturated heterocycles. The van der Waals surface area contributed by atoms with Crippen molar-refractivity contribution in [3.05, 3.63) is 53.6 Å². The lowest BCUT2D eigenvalue weighted by Crippen LogP contribution is -2.25. The third-order valence-electron chi connectivity index (χ3n) is 4.52. The van der Waals surface area contributed by atoms with Crippen LogP contribution >= 0.6 is 0 Å². The van der Waals surface area contributed by atoms with E-state index >= 15 is 0 Å².